The number of carbonyl (C=O) groups is 1. The Bertz CT molecular complexity index is 1630. The zero-order valence-electron chi connectivity index (χ0n) is 21.0. The smallest absolute Gasteiger partial charge is 0.263 e. The molecule has 1 aliphatic carbocycles. The molecule has 4 aromatic rings. The van der Waals surface area contributed by atoms with Crippen LogP contribution in [0.25, 0.3) is 16.3 Å². The predicted molar refractivity (Wildman–Crippen MR) is 152 cm³/mol. The van der Waals surface area contributed by atoms with Crippen molar-refractivity contribution in [3.05, 3.63) is 118 Å². The van der Waals surface area contributed by atoms with Crippen LogP contribution in [0.15, 0.2) is 108 Å². The van der Waals surface area contributed by atoms with Crippen molar-refractivity contribution in [1.82, 2.24) is 0 Å². The first-order valence-corrected chi connectivity index (χ1v) is 13.5. The molecule has 0 fully saturated rings. The fraction of sp³-hybridized carbons (Fsp3) is 0.161. The third-order valence-electron chi connectivity index (χ3n) is 7.02. The molecule has 1 aromatic heterocycles. The van der Waals surface area contributed by atoms with Gasteiger partial charge in [0.25, 0.3) is 5.01 Å². The number of anilines is 2. The maximum absolute atomic E-state index is 13.4. The largest absolute Gasteiger partial charge is 0.506 e. The third kappa shape index (κ3) is 4.00. The number of benzene rings is 3. The summed E-state index contributed by atoms with van der Waals surface area (Å²) in [4.78, 5) is 17.5. The molecule has 1 aliphatic heterocycles. The number of β-amino-alcohol motifs (C(OH)–C–C–N with tert-alkyl or cyclic N) is 1. The Morgan fingerprint density at radius 2 is 1.58 bits per heavy atom. The Labute approximate surface area is 225 Å². The number of aliphatic hydroxyl groups is 2. The van der Waals surface area contributed by atoms with Crippen molar-refractivity contribution in [3.63, 3.8) is 0 Å². The second kappa shape index (κ2) is 9.93. The van der Waals surface area contributed by atoms with E-state index in [9.17, 15) is 15.0 Å². The number of rotatable bonds is 7. The molecule has 0 saturated carbocycles. The highest BCUT2D eigenvalue weighted by molar-refractivity contribution is 7.18. The Morgan fingerprint density at radius 3 is 2.29 bits per heavy atom. The van der Waals surface area contributed by atoms with Gasteiger partial charge in [0.15, 0.2) is 6.54 Å². The van der Waals surface area contributed by atoms with Crippen molar-refractivity contribution in [2.75, 3.05) is 29.5 Å². The number of nitrogens with zero attached hydrogens (tertiary/aromatic N) is 3. The summed E-state index contributed by atoms with van der Waals surface area (Å²) in [6.45, 7) is 3.77. The maximum Gasteiger partial charge on any atom is 0.263 e. The van der Waals surface area contributed by atoms with Crippen LogP contribution < -0.4 is 14.4 Å². The predicted octanol–water partition coefficient (Wildman–Crippen LogP) is 5.20. The van der Waals surface area contributed by atoms with Crippen LogP contribution in [0.3, 0.4) is 0 Å². The van der Waals surface area contributed by atoms with E-state index in [4.69, 9.17) is 0 Å². The molecule has 0 amide bonds. The van der Waals surface area contributed by atoms with Crippen LogP contribution in [-0.2, 0) is 11.3 Å². The number of fused-ring (bicyclic) bond motifs is 2. The molecular weight excluding hydrogens is 494 g/mol. The van der Waals surface area contributed by atoms with Gasteiger partial charge >= 0.3 is 0 Å². The normalized spacial score (nSPS) is 17.2. The van der Waals surface area contributed by atoms with Crippen LogP contribution in [0.5, 0.6) is 0 Å². The summed E-state index contributed by atoms with van der Waals surface area (Å²) in [5.41, 5.74) is 4.85. The van der Waals surface area contributed by atoms with E-state index in [0.29, 0.717) is 25.2 Å². The number of ketones is 1. The molecule has 6 rings (SSSR count). The molecule has 0 bridgehead atoms. The first-order chi connectivity index (χ1) is 18.6. The molecule has 2 aliphatic rings. The van der Waals surface area contributed by atoms with Crippen LogP contribution in [0.1, 0.15) is 17.5 Å². The van der Waals surface area contributed by atoms with Gasteiger partial charge in [-0.1, -0.05) is 65.9 Å². The van der Waals surface area contributed by atoms with Gasteiger partial charge in [-0.2, -0.15) is 4.57 Å². The summed E-state index contributed by atoms with van der Waals surface area (Å²) in [6.07, 6.45) is 3.55. The van der Waals surface area contributed by atoms with Gasteiger partial charge in [-0.3, -0.25) is 4.79 Å². The van der Waals surface area contributed by atoms with E-state index in [-0.39, 0.29) is 23.7 Å². The number of aliphatic hydroxyl groups excluding tert-OH is 2. The molecule has 7 heteroatoms. The standard InChI is InChI=1S/C31H27N3O3S/c1-2-32-24-12-6-7-13-25(24)33(16-17-35)28(32)18-22-30(36)23(31(22)37)19-29-34(20-21-10-4-3-5-11-21)26-14-8-9-15-27(26)38-29/h3-15,18-19,35H,2,16-17,20H2,1H3/p+1. The first kappa shape index (κ1) is 24.2. The molecule has 0 spiro atoms. The SMILES string of the molecule is CCN1C(=CC2=C(O)C(=Cc3sc4ccccc4[n+]3Cc3ccccc3)C2=O)N(CCO)c2ccccc21. The summed E-state index contributed by atoms with van der Waals surface area (Å²) < 4.78 is 3.31. The minimum absolute atomic E-state index is 0.00201. The summed E-state index contributed by atoms with van der Waals surface area (Å²) in [7, 11) is 0. The highest BCUT2D eigenvalue weighted by Gasteiger charge is 2.37. The van der Waals surface area contributed by atoms with E-state index in [0.717, 1.165) is 38.0 Å². The lowest BCUT2D eigenvalue weighted by molar-refractivity contribution is -0.659. The van der Waals surface area contributed by atoms with Gasteiger partial charge in [-0.05, 0) is 31.2 Å². The topological polar surface area (TPSA) is 67.9 Å². The van der Waals surface area contributed by atoms with E-state index >= 15 is 0 Å². The fourth-order valence-corrected chi connectivity index (χ4v) is 6.29. The Kier molecular flexibility index (Phi) is 6.31. The van der Waals surface area contributed by atoms with Crippen LogP contribution >= 0.6 is 11.3 Å². The summed E-state index contributed by atoms with van der Waals surface area (Å²) in [5, 5.41) is 21.7. The van der Waals surface area contributed by atoms with Gasteiger partial charge < -0.3 is 20.0 Å². The van der Waals surface area contributed by atoms with Gasteiger partial charge in [0.05, 0.1) is 29.1 Å². The zero-order valence-corrected chi connectivity index (χ0v) is 21.9. The summed E-state index contributed by atoms with van der Waals surface area (Å²) >= 11 is 1.60. The van der Waals surface area contributed by atoms with Gasteiger partial charge in [0.1, 0.15) is 16.3 Å². The average Bonchev–Trinajstić information content (AvgIpc) is 3.45. The average molecular weight is 523 g/mol. The van der Waals surface area contributed by atoms with Gasteiger partial charge in [0, 0.05) is 30.8 Å². The van der Waals surface area contributed by atoms with Crippen molar-refractivity contribution in [2.45, 2.75) is 13.5 Å². The van der Waals surface area contributed by atoms with Gasteiger partial charge in [-0.25, -0.2) is 0 Å². The molecule has 6 nitrogen and oxygen atoms in total. The molecular formula is C31H28N3O3S+. The molecule has 2 heterocycles. The third-order valence-corrected chi connectivity index (χ3v) is 8.13. The second-order valence-corrected chi connectivity index (χ2v) is 10.3. The highest BCUT2D eigenvalue weighted by atomic mass is 32.1. The minimum Gasteiger partial charge on any atom is -0.506 e. The van der Waals surface area contributed by atoms with E-state index < -0.39 is 0 Å². The number of thiazole rings is 1. The molecule has 3 aromatic carbocycles. The lowest BCUT2D eigenvalue weighted by Gasteiger charge is -2.26. The Balaban J connectivity index is 1.40. The number of hydrogen-bond acceptors (Lipinski definition) is 6. The number of para-hydroxylation sites is 3. The first-order valence-electron chi connectivity index (χ1n) is 12.7. The molecule has 2 N–H and O–H groups in total. The number of aromatic nitrogens is 1. The van der Waals surface area contributed by atoms with Gasteiger partial charge in [-0.15, -0.1) is 0 Å². The van der Waals surface area contributed by atoms with Crippen molar-refractivity contribution in [1.29, 1.82) is 0 Å². The van der Waals surface area contributed by atoms with Crippen molar-refractivity contribution in [2.24, 2.45) is 0 Å². The fourth-order valence-electron chi connectivity index (χ4n) is 5.19. The monoisotopic (exact) mass is 522 g/mol. The number of hydrogen-bond donors (Lipinski definition) is 2. The lowest BCUT2D eigenvalue weighted by Crippen LogP contribution is -2.36. The summed E-state index contributed by atoms with van der Waals surface area (Å²) in [5.74, 6) is 0.592. The van der Waals surface area contributed by atoms with Crippen LogP contribution in [0, 0.1) is 0 Å². The molecule has 190 valence electrons. The quantitative estimate of drug-likeness (QED) is 0.258. The van der Waals surface area contributed by atoms with Crippen molar-refractivity contribution in [3.8, 4) is 0 Å². The van der Waals surface area contributed by atoms with Gasteiger partial charge in [0.2, 0.25) is 11.3 Å². The molecule has 0 radical (unpaired) electrons. The van der Waals surface area contributed by atoms with Crippen LogP contribution in [-0.4, -0.2) is 35.7 Å². The minimum atomic E-state index is -0.185. The highest BCUT2D eigenvalue weighted by Crippen LogP contribution is 2.43. The maximum atomic E-state index is 13.4. The van der Waals surface area contributed by atoms with E-state index in [1.807, 2.05) is 66.4 Å². The van der Waals surface area contributed by atoms with Crippen molar-refractivity contribution >= 4 is 44.8 Å². The van der Waals surface area contributed by atoms with Crippen molar-refractivity contribution < 1.29 is 19.6 Å². The van der Waals surface area contributed by atoms with E-state index in [1.165, 1.54) is 0 Å². The molecule has 0 saturated heterocycles. The molecule has 0 atom stereocenters. The second-order valence-electron chi connectivity index (χ2n) is 9.24. The zero-order chi connectivity index (χ0) is 26.2. The number of carbonyl (C=O) groups excluding carboxylic acids is 1. The summed E-state index contributed by atoms with van der Waals surface area (Å²) in [6, 6.07) is 26.4. The lowest BCUT2D eigenvalue weighted by atomic mass is 9.87. The van der Waals surface area contributed by atoms with E-state index in [2.05, 4.69) is 33.7 Å². The number of Topliss-reactive ketones (excluding diaryl/α,β-unsaturated/α-hetero) is 1. The van der Waals surface area contributed by atoms with E-state index in [1.54, 1.807) is 23.5 Å². The Morgan fingerprint density at radius 1 is 0.895 bits per heavy atom. The Hall–Kier alpha value is -4.20. The number of allylic oxidation sites excluding steroid dienone is 3. The van der Waals surface area contributed by atoms with Crippen LogP contribution in [0.2, 0.25) is 0 Å². The van der Waals surface area contributed by atoms with Crippen LogP contribution in [0.4, 0.5) is 11.4 Å². The molecule has 0 unspecified atom stereocenters. The molecule has 38 heavy (non-hydrogen) atoms.